The van der Waals surface area contributed by atoms with Crippen molar-refractivity contribution in [3.63, 3.8) is 0 Å². The molecule has 0 spiro atoms. The molecule has 0 aromatic carbocycles. The van der Waals surface area contributed by atoms with Gasteiger partial charge in [-0.2, -0.15) is 0 Å². The molecule has 32 heavy (non-hydrogen) atoms. The molecule has 0 aliphatic heterocycles. The van der Waals surface area contributed by atoms with E-state index in [-0.39, 0.29) is 5.92 Å². The summed E-state index contributed by atoms with van der Waals surface area (Å²) in [6.45, 7) is 4.48. The summed E-state index contributed by atoms with van der Waals surface area (Å²) in [7, 11) is 0. The number of hydrogen-bond acceptors (Lipinski definition) is 1. The minimum Gasteiger partial charge on any atom is -0.481 e. The van der Waals surface area contributed by atoms with Gasteiger partial charge in [0.1, 0.15) is 0 Å². The number of carboxylic acid groups (broad SMARTS) is 1. The van der Waals surface area contributed by atoms with Crippen molar-refractivity contribution in [2.24, 2.45) is 5.92 Å². The molecule has 0 aliphatic rings. The van der Waals surface area contributed by atoms with Crippen molar-refractivity contribution in [2.45, 2.75) is 129 Å². The largest absolute Gasteiger partial charge is 0.481 e. The van der Waals surface area contributed by atoms with Gasteiger partial charge in [-0.15, -0.1) is 0 Å². The van der Waals surface area contributed by atoms with Gasteiger partial charge in [0, 0.05) is 0 Å². The molecule has 184 valence electrons. The Morgan fingerprint density at radius 2 is 1.00 bits per heavy atom. The van der Waals surface area contributed by atoms with Gasteiger partial charge in [-0.25, -0.2) is 0 Å². The van der Waals surface area contributed by atoms with E-state index in [0.29, 0.717) is 0 Å². The molecule has 1 atom stereocenters. The quantitative estimate of drug-likeness (QED) is 0.126. The van der Waals surface area contributed by atoms with E-state index in [0.717, 1.165) is 44.9 Å². The van der Waals surface area contributed by atoms with E-state index in [9.17, 15) is 9.90 Å². The maximum Gasteiger partial charge on any atom is 0.306 e. The third kappa shape index (κ3) is 23.1. The van der Waals surface area contributed by atoms with Gasteiger partial charge in [-0.05, 0) is 51.4 Å². The van der Waals surface area contributed by atoms with Gasteiger partial charge in [0.15, 0.2) is 0 Å². The first-order chi connectivity index (χ1) is 15.7. The molecule has 2 nitrogen and oxygen atoms in total. The van der Waals surface area contributed by atoms with Gasteiger partial charge in [-0.1, -0.05) is 127 Å². The second-order valence-corrected chi connectivity index (χ2v) is 8.96. The van der Waals surface area contributed by atoms with Gasteiger partial charge in [0.05, 0.1) is 5.92 Å². The van der Waals surface area contributed by atoms with Crippen LogP contribution in [0.3, 0.4) is 0 Å². The van der Waals surface area contributed by atoms with Crippen LogP contribution < -0.4 is 0 Å². The van der Waals surface area contributed by atoms with Crippen LogP contribution in [0.25, 0.3) is 0 Å². The van der Waals surface area contributed by atoms with Crippen molar-refractivity contribution < 1.29 is 9.90 Å². The summed E-state index contributed by atoms with van der Waals surface area (Å²) in [6.07, 6.45) is 38.4. The van der Waals surface area contributed by atoms with Gasteiger partial charge in [0.2, 0.25) is 0 Å². The summed E-state index contributed by atoms with van der Waals surface area (Å²) >= 11 is 0. The number of carbonyl (C=O) groups is 1. The van der Waals surface area contributed by atoms with E-state index >= 15 is 0 Å². The molecule has 0 heterocycles. The third-order valence-corrected chi connectivity index (χ3v) is 5.89. The first-order valence-electron chi connectivity index (χ1n) is 13.5. The number of unbranched alkanes of at least 4 members (excludes halogenated alkanes) is 10. The monoisotopic (exact) mass is 444 g/mol. The Morgan fingerprint density at radius 1 is 0.562 bits per heavy atom. The SMILES string of the molecule is CCCCC/C=C\C/C=C\C/C=C\C/C=C\CCC(CCCCCCCCCC)C(=O)O. The maximum absolute atomic E-state index is 11.5. The lowest BCUT2D eigenvalue weighted by Crippen LogP contribution is -2.13. The minimum atomic E-state index is -0.621. The molecular weight excluding hydrogens is 392 g/mol. The van der Waals surface area contributed by atoms with Crippen LogP contribution in [0.2, 0.25) is 0 Å². The number of rotatable bonds is 23. The molecule has 1 unspecified atom stereocenters. The first kappa shape index (κ1) is 30.4. The van der Waals surface area contributed by atoms with E-state index in [1.165, 1.54) is 70.6 Å². The number of allylic oxidation sites excluding steroid dienone is 8. The van der Waals surface area contributed by atoms with Crippen LogP contribution >= 0.6 is 0 Å². The smallest absolute Gasteiger partial charge is 0.306 e. The molecule has 2 heteroatoms. The van der Waals surface area contributed by atoms with E-state index < -0.39 is 5.97 Å². The molecule has 0 aliphatic carbocycles. The highest BCUT2D eigenvalue weighted by atomic mass is 16.4. The Bertz CT molecular complexity index is 513. The average molecular weight is 445 g/mol. The topological polar surface area (TPSA) is 37.3 Å². The Balaban J connectivity index is 3.71. The van der Waals surface area contributed by atoms with Gasteiger partial charge < -0.3 is 5.11 Å². The predicted octanol–water partition coefficient (Wildman–Crippen LogP) is 9.97. The van der Waals surface area contributed by atoms with Gasteiger partial charge >= 0.3 is 5.97 Å². The second kappa shape index (κ2) is 25.7. The molecule has 0 bridgehead atoms. The van der Waals surface area contributed by atoms with Crippen molar-refractivity contribution in [3.8, 4) is 0 Å². The second-order valence-electron chi connectivity index (χ2n) is 8.96. The molecule has 0 aromatic heterocycles. The Labute approximate surface area is 200 Å². The Kier molecular flexibility index (Phi) is 24.4. The molecule has 0 amide bonds. The number of aliphatic carboxylic acids is 1. The normalized spacial score (nSPS) is 13.3. The minimum absolute atomic E-state index is 0.180. The van der Waals surface area contributed by atoms with Crippen LogP contribution in [0.1, 0.15) is 129 Å². The summed E-state index contributed by atoms with van der Waals surface area (Å²) in [5.41, 5.74) is 0. The fourth-order valence-corrected chi connectivity index (χ4v) is 3.77. The lowest BCUT2D eigenvalue weighted by atomic mass is 9.95. The van der Waals surface area contributed by atoms with Crippen molar-refractivity contribution in [3.05, 3.63) is 48.6 Å². The average Bonchev–Trinajstić information content (AvgIpc) is 2.78. The van der Waals surface area contributed by atoms with Crippen LogP contribution in [-0.4, -0.2) is 11.1 Å². The lowest BCUT2D eigenvalue weighted by molar-refractivity contribution is -0.142. The lowest BCUT2D eigenvalue weighted by Gasteiger charge is -2.10. The zero-order valence-corrected chi connectivity index (χ0v) is 21.3. The van der Waals surface area contributed by atoms with Crippen molar-refractivity contribution >= 4 is 5.97 Å². The standard InChI is InChI=1S/C30H52O2/c1-3-5-7-9-11-13-14-15-16-17-18-19-20-22-24-26-28-29(30(31)32)27-25-23-21-12-10-8-6-4-2/h11,13,15-16,18-19,22,24,29H,3-10,12,14,17,20-21,23,25-28H2,1-2H3,(H,31,32)/b13-11-,16-15-,19-18-,24-22-. The van der Waals surface area contributed by atoms with Crippen molar-refractivity contribution in [1.82, 2.24) is 0 Å². The highest BCUT2D eigenvalue weighted by molar-refractivity contribution is 5.69. The van der Waals surface area contributed by atoms with E-state index in [1.807, 2.05) is 0 Å². The van der Waals surface area contributed by atoms with Crippen LogP contribution in [0.15, 0.2) is 48.6 Å². The molecule has 0 rings (SSSR count). The molecule has 0 saturated heterocycles. The number of hydrogen-bond donors (Lipinski definition) is 1. The van der Waals surface area contributed by atoms with Gasteiger partial charge in [0.25, 0.3) is 0 Å². The highest BCUT2D eigenvalue weighted by Crippen LogP contribution is 2.18. The molecule has 1 N–H and O–H groups in total. The zero-order valence-electron chi connectivity index (χ0n) is 21.3. The Hall–Kier alpha value is -1.57. The molecule has 0 saturated carbocycles. The summed E-state index contributed by atoms with van der Waals surface area (Å²) in [4.78, 5) is 11.5. The number of carboxylic acids is 1. The van der Waals surface area contributed by atoms with E-state index in [4.69, 9.17) is 0 Å². The molecule has 0 radical (unpaired) electrons. The molecule has 0 fully saturated rings. The summed E-state index contributed by atoms with van der Waals surface area (Å²) in [5, 5.41) is 9.45. The predicted molar refractivity (Wildman–Crippen MR) is 142 cm³/mol. The van der Waals surface area contributed by atoms with Crippen LogP contribution in [0, 0.1) is 5.92 Å². The van der Waals surface area contributed by atoms with Crippen molar-refractivity contribution in [2.75, 3.05) is 0 Å². The van der Waals surface area contributed by atoms with Crippen molar-refractivity contribution in [1.29, 1.82) is 0 Å². The fourth-order valence-electron chi connectivity index (χ4n) is 3.77. The maximum atomic E-state index is 11.5. The van der Waals surface area contributed by atoms with Crippen LogP contribution in [-0.2, 0) is 4.79 Å². The fraction of sp³-hybridized carbons (Fsp3) is 0.700. The highest BCUT2D eigenvalue weighted by Gasteiger charge is 2.15. The summed E-state index contributed by atoms with van der Waals surface area (Å²) in [6, 6.07) is 0. The van der Waals surface area contributed by atoms with E-state index in [1.54, 1.807) is 0 Å². The zero-order chi connectivity index (χ0) is 23.5. The molecular formula is C30H52O2. The van der Waals surface area contributed by atoms with Gasteiger partial charge in [-0.3, -0.25) is 4.79 Å². The molecule has 0 aromatic rings. The Morgan fingerprint density at radius 3 is 1.53 bits per heavy atom. The summed E-state index contributed by atoms with van der Waals surface area (Å²) < 4.78 is 0. The third-order valence-electron chi connectivity index (χ3n) is 5.89. The van der Waals surface area contributed by atoms with Crippen LogP contribution in [0.4, 0.5) is 0 Å². The summed E-state index contributed by atoms with van der Waals surface area (Å²) in [5.74, 6) is -0.801. The first-order valence-corrected chi connectivity index (χ1v) is 13.5. The van der Waals surface area contributed by atoms with E-state index in [2.05, 4.69) is 62.5 Å². The van der Waals surface area contributed by atoms with Crippen LogP contribution in [0.5, 0.6) is 0 Å².